The molecule has 4 nitrogen and oxygen atoms in total. The first-order chi connectivity index (χ1) is 8.90. The maximum Gasteiger partial charge on any atom is 1.00 e. The first-order valence-electron chi connectivity index (χ1n) is 5.09. The summed E-state index contributed by atoms with van der Waals surface area (Å²) in [5, 5.41) is 34.1. The Morgan fingerprint density at radius 3 is 1.91 bits per heavy atom. The summed E-state index contributed by atoms with van der Waals surface area (Å²) < 4.78 is 0.774. The van der Waals surface area contributed by atoms with Gasteiger partial charge in [0.1, 0.15) is 0 Å². The smallest absolute Gasteiger partial charge is 0.873 e. The second-order valence-electron chi connectivity index (χ2n) is 3.75. The van der Waals surface area contributed by atoms with E-state index in [2.05, 4.69) is 31.9 Å². The third-order valence-electron chi connectivity index (χ3n) is 2.46. The molecule has 0 radical (unpaired) electrons. The van der Waals surface area contributed by atoms with Gasteiger partial charge in [0, 0.05) is 20.1 Å². The van der Waals surface area contributed by atoms with E-state index in [0.29, 0.717) is 4.47 Å². The monoisotopic (exact) mass is 500 g/mol. The van der Waals surface area contributed by atoms with Crippen LogP contribution >= 0.6 is 31.9 Å². The van der Waals surface area contributed by atoms with Crippen LogP contribution in [0.2, 0.25) is 0 Å². The van der Waals surface area contributed by atoms with Gasteiger partial charge in [0.15, 0.2) is 5.78 Å². The molecule has 98 valence electrons. The summed E-state index contributed by atoms with van der Waals surface area (Å²) in [7, 11) is 0. The van der Waals surface area contributed by atoms with Crippen LogP contribution in [0.4, 0.5) is 0 Å². The number of rotatable bonds is 2. The predicted molar refractivity (Wildman–Crippen MR) is 70.1 cm³/mol. The van der Waals surface area contributed by atoms with Gasteiger partial charge >= 0.3 is 154 Å². The van der Waals surface area contributed by atoms with E-state index in [-0.39, 0.29) is 170 Å². The van der Waals surface area contributed by atoms with Crippen molar-refractivity contribution in [1.82, 2.24) is 0 Å². The maximum absolute atomic E-state index is 12.2. The first kappa shape index (κ1) is 27.6. The van der Waals surface area contributed by atoms with E-state index in [1.54, 1.807) is 0 Å². The van der Waals surface area contributed by atoms with Crippen molar-refractivity contribution in [2.45, 2.75) is 0 Å². The zero-order valence-corrected chi connectivity index (χ0v) is 24.8. The van der Waals surface area contributed by atoms with Gasteiger partial charge in [-0.25, -0.2) is 0 Å². The molecule has 0 atom stereocenters. The second-order valence-corrected chi connectivity index (χ2v) is 5.52. The van der Waals surface area contributed by atoms with Crippen LogP contribution in [0.5, 0.6) is 17.2 Å². The largest absolute Gasteiger partial charge is 1.00 e. The van der Waals surface area contributed by atoms with Gasteiger partial charge in [-0.1, -0.05) is 55.8 Å². The van der Waals surface area contributed by atoms with Gasteiger partial charge in [-0.2, -0.15) is 0 Å². The van der Waals surface area contributed by atoms with E-state index in [9.17, 15) is 20.1 Å². The Labute approximate surface area is 272 Å². The molecule has 0 heterocycles. The van der Waals surface area contributed by atoms with Crippen molar-refractivity contribution < 1.29 is 174 Å². The topological polar surface area (TPSA) is 86.2 Å². The molecule has 2 aromatic rings. The van der Waals surface area contributed by atoms with Crippen LogP contribution in [0.3, 0.4) is 0 Å². The molecule has 0 saturated heterocycles. The molecule has 2 aromatic carbocycles. The van der Waals surface area contributed by atoms with Crippen molar-refractivity contribution in [2.75, 3.05) is 0 Å². The minimum atomic E-state index is -0.783. The van der Waals surface area contributed by atoms with E-state index >= 15 is 0 Å². The first-order valence-corrected chi connectivity index (χ1v) is 6.67. The van der Waals surface area contributed by atoms with Gasteiger partial charge in [0.05, 0.1) is 0 Å². The average Bonchev–Trinajstić information content (AvgIpc) is 2.36. The number of halogens is 2. The summed E-state index contributed by atoms with van der Waals surface area (Å²) in [5.74, 6) is -2.54. The second kappa shape index (κ2) is 12.7. The molecule has 0 N–H and O–H groups in total. The zero-order valence-electron chi connectivity index (χ0n) is 12.3. The van der Waals surface area contributed by atoms with Gasteiger partial charge in [-0.05, 0) is 12.1 Å². The van der Waals surface area contributed by atoms with E-state index < -0.39 is 23.0 Å². The summed E-state index contributed by atoms with van der Waals surface area (Å²) in [4.78, 5) is 12.2. The third-order valence-corrected chi connectivity index (χ3v) is 3.61. The van der Waals surface area contributed by atoms with Crippen LogP contribution in [0.1, 0.15) is 15.9 Å². The van der Waals surface area contributed by atoms with Crippen LogP contribution < -0.4 is 169 Å². The Balaban J connectivity index is 0. The molecule has 0 aliphatic carbocycles. The minimum Gasteiger partial charge on any atom is -0.873 e. The van der Waals surface area contributed by atoms with Crippen molar-refractivity contribution in [2.24, 2.45) is 0 Å². The fraction of sp³-hybridized carbons (Fsp3) is 0. The quantitative estimate of drug-likeness (QED) is 0.302. The van der Waals surface area contributed by atoms with Crippen molar-refractivity contribution in [1.29, 1.82) is 0 Å². The van der Waals surface area contributed by atoms with Crippen molar-refractivity contribution in [3.8, 4) is 17.2 Å². The molecule has 22 heavy (non-hydrogen) atoms. The normalized spacial score (nSPS) is 9.00. The molecule has 0 aliphatic heterocycles. The zero-order chi connectivity index (χ0) is 14.2. The van der Waals surface area contributed by atoms with Gasteiger partial charge in [0.2, 0.25) is 0 Å². The van der Waals surface area contributed by atoms with Crippen LogP contribution in [-0.4, -0.2) is 5.78 Å². The summed E-state index contributed by atoms with van der Waals surface area (Å²) >= 11 is 6.22. The molecule has 9 heteroatoms. The summed E-state index contributed by atoms with van der Waals surface area (Å²) in [6, 6.07) is 6.12. The molecule has 0 aliphatic rings. The molecule has 0 fully saturated rings. The molecule has 0 aromatic heterocycles. The van der Waals surface area contributed by atoms with Crippen molar-refractivity contribution in [3.05, 3.63) is 50.4 Å². The number of carbonyl (C=O) groups excluding carboxylic acids is 1. The van der Waals surface area contributed by atoms with Crippen LogP contribution in [-0.2, 0) is 0 Å². The molecule has 2 rings (SSSR count). The fourth-order valence-electron chi connectivity index (χ4n) is 1.53. The Kier molecular flexibility index (Phi) is 15.9. The Morgan fingerprint density at radius 2 is 1.32 bits per heavy atom. The van der Waals surface area contributed by atoms with Gasteiger partial charge in [-0.3, -0.25) is 4.79 Å². The van der Waals surface area contributed by atoms with Crippen LogP contribution in [0.25, 0.3) is 0 Å². The predicted octanol–water partition coefficient (Wildman–Crippen LogP) is -7.32. The van der Waals surface area contributed by atoms with Gasteiger partial charge < -0.3 is 15.3 Å². The van der Waals surface area contributed by atoms with Gasteiger partial charge in [-0.15, -0.1) is 11.5 Å². The number of hydrogen-bond acceptors (Lipinski definition) is 4. The SMILES string of the molecule is O=C(c1cc(Br)ccc1[O-])c1cc([O-])c([O-])cc1Br.[K+].[K+].[K+]. The molecular weight excluding hydrogens is 497 g/mol. The standard InChI is InChI=1S/C13H8Br2O4.3K/c14-6-1-2-10(16)8(3-6)13(19)7-4-11(17)12(18)5-9(7)15;;;/h1-5,16-18H;;;/q;3*+1/p-3. The molecule has 0 bridgehead atoms. The van der Waals surface area contributed by atoms with Crippen LogP contribution in [0, 0.1) is 0 Å². The average molecular weight is 502 g/mol. The van der Waals surface area contributed by atoms with E-state index in [0.717, 1.165) is 12.1 Å². The Morgan fingerprint density at radius 1 is 0.773 bits per heavy atom. The van der Waals surface area contributed by atoms with Gasteiger partial charge in [0.25, 0.3) is 0 Å². The van der Waals surface area contributed by atoms with Crippen molar-refractivity contribution in [3.63, 3.8) is 0 Å². The Hall–Kier alpha value is 3.38. The summed E-state index contributed by atoms with van der Waals surface area (Å²) in [6.07, 6.45) is 0. The summed E-state index contributed by atoms with van der Waals surface area (Å²) in [5.41, 5.74) is -0.0621. The van der Waals surface area contributed by atoms with E-state index in [1.165, 1.54) is 18.2 Å². The fourth-order valence-corrected chi connectivity index (χ4v) is 2.40. The molecular formula is C13H5Br2K3O4. The van der Waals surface area contributed by atoms with E-state index in [1.807, 2.05) is 0 Å². The minimum absolute atomic E-state index is 0. The number of benzene rings is 2. The molecule has 0 amide bonds. The van der Waals surface area contributed by atoms with Crippen molar-refractivity contribution >= 4 is 37.6 Å². The number of ketones is 1. The molecule has 0 saturated carbocycles. The Bertz CT molecular complexity index is 681. The molecule has 0 unspecified atom stereocenters. The molecule has 0 spiro atoms. The summed E-state index contributed by atoms with van der Waals surface area (Å²) in [6.45, 7) is 0. The third kappa shape index (κ3) is 7.18. The number of hydrogen-bond donors (Lipinski definition) is 0. The van der Waals surface area contributed by atoms with Crippen LogP contribution in [0.15, 0.2) is 39.3 Å². The number of carbonyl (C=O) groups is 1. The van der Waals surface area contributed by atoms with E-state index in [4.69, 9.17) is 0 Å². The maximum atomic E-state index is 12.2.